The van der Waals surface area contributed by atoms with Gasteiger partial charge in [-0.15, -0.1) is 0 Å². The van der Waals surface area contributed by atoms with Crippen molar-refractivity contribution in [3.63, 3.8) is 0 Å². The number of anilines is 3. The molecule has 0 spiro atoms. The average molecular weight is 580 g/mol. The van der Waals surface area contributed by atoms with Crippen molar-refractivity contribution in [1.82, 2.24) is 0 Å². The molecule has 6 heteroatoms. The summed E-state index contributed by atoms with van der Waals surface area (Å²) in [6.07, 6.45) is 0. The number of ether oxygens (including phenoxy) is 3. The molecule has 44 heavy (non-hydrogen) atoms. The molecule has 0 saturated carbocycles. The van der Waals surface area contributed by atoms with Crippen LogP contribution in [0.5, 0.6) is 34.5 Å². The Morgan fingerprint density at radius 1 is 0.364 bits per heavy atom. The molecule has 218 valence electrons. The van der Waals surface area contributed by atoms with Gasteiger partial charge in [-0.3, -0.25) is 0 Å². The molecule has 0 unspecified atom stereocenters. The summed E-state index contributed by atoms with van der Waals surface area (Å²) in [5.74, 6) is 4.22. The predicted octanol–water partition coefficient (Wildman–Crippen LogP) is 9.16. The lowest BCUT2D eigenvalue weighted by atomic mass is 9.71. The SMILES string of the molecule is CC(c1ccc(Oc2cccc(N)c2)cc1)(c1ccc(Oc2cccc(N)c2)cc1)c1ccc(Oc2cccc(N)c2)cc1. The van der Waals surface area contributed by atoms with Gasteiger partial charge in [-0.05, 0) is 96.4 Å². The Morgan fingerprint density at radius 2 is 0.636 bits per heavy atom. The lowest BCUT2D eigenvalue weighted by Crippen LogP contribution is -2.25. The second-order valence-corrected chi connectivity index (χ2v) is 10.7. The highest BCUT2D eigenvalue weighted by molar-refractivity contribution is 5.54. The van der Waals surface area contributed by atoms with E-state index in [0.717, 1.165) is 33.9 Å². The van der Waals surface area contributed by atoms with Crippen LogP contribution in [-0.4, -0.2) is 0 Å². The first-order valence-electron chi connectivity index (χ1n) is 14.3. The van der Waals surface area contributed by atoms with E-state index < -0.39 is 5.41 Å². The van der Waals surface area contributed by atoms with Gasteiger partial charge < -0.3 is 31.4 Å². The van der Waals surface area contributed by atoms with E-state index in [1.807, 2.05) is 91.0 Å². The van der Waals surface area contributed by atoms with E-state index in [1.54, 1.807) is 18.2 Å². The Morgan fingerprint density at radius 3 is 0.886 bits per heavy atom. The van der Waals surface area contributed by atoms with Gasteiger partial charge in [0.2, 0.25) is 0 Å². The molecule has 6 rings (SSSR count). The fourth-order valence-electron chi connectivity index (χ4n) is 5.21. The largest absolute Gasteiger partial charge is 0.457 e. The summed E-state index contributed by atoms with van der Waals surface area (Å²) in [6, 6.07) is 46.6. The van der Waals surface area contributed by atoms with E-state index in [1.165, 1.54) is 0 Å². The summed E-state index contributed by atoms with van der Waals surface area (Å²) >= 11 is 0. The first-order chi connectivity index (χ1) is 21.3. The number of rotatable bonds is 9. The van der Waals surface area contributed by atoms with E-state index in [9.17, 15) is 0 Å². The number of benzene rings is 6. The van der Waals surface area contributed by atoms with Gasteiger partial charge in [0.05, 0.1) is 0 Å². The third kappa shape index (κ3) is 6.30. The molecule has 6 N–H and O–H groups in total. The van der Waals surface area contributed by atoms with Crippen molar-refractivity contribution in [3.05, 3.63) is 162 Å². The van der Waals surface area contributed by atoms with Crippen LogP contribution in [0.3, 0.4) is 0 Å². The van der Waals surface area contributed by atoms with E-state index in [0.29, 0.717) is 34.3 Å². The zero-order valence-electron chi connectivity index (χ0n) is 24.3. The highest BCUT2D eigenvalue weighted by Crippen LogP contribution is 2.41. The summed E-state index contributed by atoms with van der Waals surface area (Å²) in [7, 11) is 0. The number of nitrogens with two attached hydrogens (primary N) is 3. The maximum atomic E-state index is 6.07. The van der Waals surface area contributed by atoms with Crippen LogP contribution in [0.15, 0.2) is 146 Å². The topological polar surface area (TPSA) is 106 Å². The van der Waals surface area contributed by atoms with Crippen molar-refractivity contribution < 1.29 is 14.2 Å². The predicted molar refractivity (Wildman–Crippen MR) is 178 cm³/mol. The number of hydrogen-bond acceptors (Lipinski definition) is 6. The molecule has 0 aliphatic heterocycles. The molecule has 0 aromatic heterocycles. The minimum atomic E-state index is -0.513. The van der Waals surface area contributed by atoms with Gasteiger partial charge in [0, 0.05) is 40.7 Å². The van der Waals surface area contributed by atoms with E-state index in [-0.39, 0.29) is 0 Å². The Bertz CT molecular complexity index is 1650. The third-order valence-electron chi connectivity index (χ3n) is 7.58. The summed E-state index contributed by atoms with van der Waals surface area (Å²) in [4.78, 5) is 0. The first-order valence-corrected chi connectivity index (χ1v) is 14.3. The van der Waals surface area contributed by atoms with Gasteiger partial charge in [-0.25, -0.2) is 0 Å². The van der Waals surface area contributed by atoms with Crippen LogP contribution < -0.4 is 31.4 Å². The monoisotopic (exact) mass is 579 g/mol. The van der Waals surface area contributed by atoms with Gasteiger partial charge in [-0.2, -0.15) is 0 Å². The summed E-state index contributed by atoms with van der Waals surface area (Å²) in [5, 5.41) is 0. The quantitative estimate of drug-likeness (QED) is 0.116. The second kappa shape index (κ2) is 12.2. The molecule has 0 amide bonds. The van der Waals surface area contributed by atoms with Gasteiger partial charge in [0.15, 0.2) is 0 Å². The minimum Gasteiger partial charge on any atom is -0.457 e. The standard InChI is InChI=1S/C38H33N3O3/c1-38(26-11-17-32(18-12-26)42-35-8-2-5-29(39)23-35,27-13-19-33(20-14-27)43-36-9-3-6-30(40)24-36)28-15-21-34(22-16-28)44-37-10-4-7-31(41)25-37/h2-25H,39-41H2,1H3. The third-order valence-corrected chi connectivity index (χ3v) is 7.58. The van der Waals surface area contributed by atoms with Gasteiger partial charge in [0.1, 0.15) is 34.5 Å². The molecule has 6 aromatic carbocycles. The Balaban J connectivity index is 1.32. The highest BCUT2D eigenvalue weighted by atomic mass is 16.5. The van der Waals surface area contributed by atoms with Crippen LogP contribution in [-0.2, 0) is 5.41 Å². The molecule has 0 aliphatic rings. The van der Waals surface area contributed by atoms with Crippen molar-refractivity contribution in [2.45, 2.75) is 12.3 Å². The van der Waals surface area contributed by atoms with Crippen LogP contribution in [0.2, 0.25) is 0 Å². The van der Waals surface area contributed by atoms with Gasteiger partial charge in [0.25, 0.3) is 0 Å². The molecule has 0 aliphatic carbocycles. The minimum absolute atomic E-state index is 0.513. The van der Waals surface area contributed by atoms with Crippen molar-refractivity contribution in [2.75, 3.05) is 17.2 Å². The highest BCUT2D eigenvalue weighted by Gasteiger charge is 2.31. The molecule has 0 fully saturated rings. The van der Waals surface area contributed by atoms with Gasteiger partial charge >= 0.3 is 0 Å². The molecular weight excluding hydrogens is 546 g/mol. The zero-order chi connectivity index (χ0) is 30.5. The molecular formula is C38H33N3O3. The lowest BCUT2D eigenvalue weighted by molar-refractivity contribution is 0.481. The second-order valence-electron chi connectivity index (χ2n) is 10.7. The lowest BCUT2D eigenvalue weighted by Gasteiger charge is -2.32. The van der Waals surface area contributed by atoms with Crippen molar-refractivity contribution in [3.8, 4) is 34.5 Å². The van der Waals surface area contributed by atoms with Crippen LogP contribution in [0.4, 0.5) is 17.1 Å². The van der Waals surface area contributed by atoms with E-state index >= 15 is 0 Å². The fraction of sp³-hybridized carbons (Fsp3) is 0.0526. The Labute approximate surface area is 257 Å². The Kier molecular flexibility index (Phi) is 7.80. The van der Waals surface area contributed by atoms with Crippen molar-refractivity contribution >= 4 is 17.1 Å². The molecule has 6 nitrogen and oxygen atoms in total. The molecule has 6 aromatic rings. The van der Waals surface area contributed by atoms with E-state index in [2.05, 4.69) is 43.3 Å². The van der Waals surface area contributed by atoms with E-state index in [4.69, 9.17) is 31.4 Å². The van der Waals surface area contributed by atoms with Crippen LogP contribution in [0, 0.1) is 0 Å². The maximum Gasteiger partial charge on any atom is 0.129 e. The van der Waals surface area contributed by atoms with Crippen molar-refractivity contribution in [2.24, 2.45) is 0 Å². The van der Waals surface area contributed by atoms with Crippen LogP contribution >= 0.6 is 0 Å². The summed E-state index contributed by atoms with van der Waals surface area (Å²) in [5.41, 5.74) is 22.5. The maximum absolute atomic E-state index is 6.07. The Hall–Kier alpha value is -5.88. The molecule has 0 heterocycles. The number of nitrogen functional groups attached to an aromatic ring is 3. The molecule has 0 atom stereocenters. The van der Waals surface area contributed by atoms with Crippen molar-refractivity contribution in [1.29, 1.82) is 0 Å². The molecule has 0 bridgehead atoms. The van der Waals surface area contributed by atoms with Gasteiger partial charge in [-0.1, -0.05) is 54.6 Å². The normalized spacial score (nSPS) is 11.1. The summed E-state index contributed by atoms with van der Waals surface area (Å²) in [6.45, 7) is 2.21. The number of hydrogen-bond donors (Lipinski definition) is 3. The smallest absolute Gasteiger partial charge is 0.129 e. The zero-order valence-corrected chi connectivity index (χ0v) is 24.3. The molecule has 0 saturated heterocycles. The van der Waals surface area contributed by atoms with Crippen LogP contribution in [0.1, 0.15) is 23.6 Å². The fourth-order valence-corrected chi connectivity index (χ4v) is 5.21. The molecule has 0 radical (unpaired) electrons. The summed E-state index contributed by atoms with van der Waals surface area (Å²) < 4.78 is 18.2. The van der Waals surface area contributed by atoms with Crippen LogP contribution in [0.25, 0.3) is 0 Å². The average Bonchev–Trinajstić information content (AvgIpc) is 3.02. The first kappa shape index (κ1) is 28.2.